The number of ether oxygens (including phenoxy) is 2. The zero-order chi connectivity index (χ0) is 24.8. The summed E-state index contributed by atoms with van der Waals surface area (Å²) in [5.41, 5.74) is 0.788. The number of aliphatic hydroxyl groups excluding tert-OH is 2. The second-order valence-corrected chi connectivity index (χ2v) is 9.69. The van der Waals surface area contributed by atoms with E-state index >= 15 is 0 Å². The topological polar surface area (TPSA) is 125 Å². The number of nitrogens with one attached hydrogen (secondary N) is 1. The van der Waals surface area contributed by atoms with Crippen LogP contribution in [0.1, 0.15) is 49.4 Å². The normalized spacial score (nSPS) is 22.6. The number of aldehydes is 1. The minimum absolute atomic E-state index is 0.000741. The molecule has 0 radical (unpaired) electrons. The first-order chi connectivity index (χ1) is 16.3. The molecule has 3 N–H and O–H groups in total. The van der Waals surface area contributed by atoms with E-state index in [1.165, 1.54) is 20.1 Å². The molecular formula is C24H31IN2O7. The summed E-state index contributed by atoms with van der Waals surface area (Å²) >= 11 is 2.02. The molecular weight excluding hydrogens is 555 g/mol. The Labute approximate surface area is 212 Å². The number of benzene rings is 1. The first kappa shape index (κ1) is 26.4. The van der Waals surface area contributed by atoms with E-state index in [-0.39, 0.29) is 37.4 Å². The molecule has 1 fully saturated rings. The second kappa shape index (κ2) is 12.0. The van der Waals surface area contributed by atoms with E-state index in [1.54, 1.807) is 17.0 Å². The van der Waals surface area contributed by atoms with Crippen LogP contribution in [0.4, 0.5) is 0 Å². The van der Waals surface area contributed by atoms with Crippen LogP contribution in [0.25, 0.3) is 0 Å². The molecule has 2 amide bonds. The zero-order valence-corrected chi connectivity index (χ0v) is 21.5. The van der Waals surface area contributed by atoms with Gasteiger partial charge in [-0.3, -0.25) is 14.4 Å². The minimum Gasteiger partial charge on any atom is -0.493 e. The van der Waals surface area contributed by atoms with Gasteiger partial charge in [-0.1, -0.05) is 12.8 Å². The second-order valence-electron chi connectivity index (χ2n) is 8.53. The molecule has 1 saturated carbocycles. The molecule has 0 bridgehead atoms. The van der Waals surface area contributed by atoms with Crippen molar-refractivity contribution < 1.29 is 34.1 Å². The Morgan fingerprint density at radius 2 is 2.00 bits per heavy atom. The number of hydrogen-bond donors (Lipinski definition) is 3. The summed E-state index contributed by atoms with van der Waals surface area (Å²) in [6.07, 6.45) is 4.12. The quantitative estimate of drug-likeness (QED) is 0.298. The number of hydrogen-bond acceptors (Lipinski definition) is 7. The molecule has 186 valence electrons. The van der Waals surface area contributed by atoms with E-state index in [1.807, 2.05) is 22.6 Å². The van der Waals surface area contributed by atoms with Crippen LogP contribution in [-0.2, 0) is 9.59 Å². The van der Waals surface area contributed by atoms with Gasteiger partial charge in [-0.2, -0.15) is 0 Å². The van der Waals surface area contributed by atoms with Gasteiger partial charge in [-0.15, -0.1) is 0 Å². The fourth-order valence-corrected chi connectivity index (χ4v) is 5.50. The maximum absolute atomic E-state index is 12.8. The van der Waals surface area contributed by atoms with Gasteiger partial charge < -0.3 is 29.9 Å². The van der Waals surface area contributed by atoms with Gasteiger partial charge in [-0.25, -0.2) is 0 Å². The van der Waals surface area contributed by atoms with Crippen LogP contribution in [0, 0.1) is 3.57 Å². The van der Waals surface area contributed by atoms with Crippen molar-refractivity contribution in [3.8, 4) is 11.5 Å². The predicted molar refractivity (Wildman–Crippen MR) is 133 cm³/mol. The van der Waals surface area contributed by atoms with Crippen molar-refractivity contribution in [2.45, 2.75) is 63.3 Å². The lowest BCUT2D eigenvalue weighted by atomic mass is 9.87. The number of nitrogens with zero attached hydrogens (tertiary/aromatic N) is 1. The van der Waals surface area contributed by atoms with E-state index in [0.29, 0.717) is 32.5 Å². The smallest absolute Gasteiger partial charge is 0.247 e. The van der Waals surface area contributed by atoms with Crippen LogP contribution < -0.4 is 14.8 Å². The third-order valence-corrected chi connectivity index (χ3v) is 7.10. The molecule has 9 nitrogen and oxygen atoms in total. The van der Waals surface area contributed by atoms with Crippen LogP contribution in [0.3, 0.4) is 0 Å². The predicted octanol–water partition coefficient (Wildman–Crippen LogP) is 1.82. The van der Waals surface area contributed by atoms with Gasteiger partial charge >= 0.3 is 0 Å². The monoisotopic (exact) mass is 586 g/mol. The van der Waals surface area contributed by atoms with Gasteiger partial charge in [0.2, 0.25) is 11.8 Å². The SMILES string of the molecule is COc1cc(C=O)cc(I)c1OC1C=C(C(=O)NCCO)CC(N(C(C)=O)C2CCCC2)C1O. The first-order valence-corrected chi connectivity index (χ1v) is 12.4. The lowest BCUT2D eigenvalue weighted by Gasteiger charge is -2.43. The fourth-order valence-electron chi connectivity index (χ4n) is 4.75. The maximum Gasteiger partial charge on any atom is 0.247 e. The lowest BCUT2D eigenvalue weighted by molar-refractivity contribution is -0.139. The standard InChI is InChI=1S/C24H31IN2O7/c1-14(30)27(17-5-3-4-6-17)19-11-16(24(32)26-7-8-28)12-20(22(19)31)34-23-18(25)9-15(13-29)10-21(23)33-2/h9-10,12-13,17,19-20,22,28,31H,3-8,11H2,1-2H3,(H,26,32). The average molecular weight is 586 g/mol. The number of amides is 2. The van der Waals surface area contributed by atoms with Gasteiger partial charge in [0.05, 0.1) is 23.3 Å². The highest BCUT2D eigenvalue weighted by Gasteiger charge is 2.42. The Balaban J connectivity index is 1.99. The molecule has 10 heteroatoms. The van der Waals surface area contributed by atoms with Crippen LogP contribution in [0.2, 0.25) is 0 Å². The third-order valence-electron chi connectivity index (χ3n) is 6.30. The Morgan fingerprint density at radius 3 is 2.59 bits per heavy atom. The number of carbonyl (C=O) groups is 3. The number of aliphatic hydroxyl groups is 2. The van der Waals surface area contributed by atoms with E-state index in [9.17, 15) is 19.5 Å². The molecule has 3 unspecified atom stereocenters. The Morgan fingerprint density at radius 1 is 1.29 bits per heavy atom. The highest BCUT2D eigenvalue weighted by atomic mass is 127. The Kier molecular flexibility index (Phi) is 9.31. The van der Waals surface area contributed by atoms with Gasteiger partial charge in [0.15, 0.2) is 11.5 Å². The zero-order valence-electron chi connectivity index (χ0n) is 19.3. The van der Waals surface area contributed by atoms with Crippen LogP contribution >= 0.6 is 22.6 Å². The van der Waals surface area contributed by atoms with Crippen molar-refractivity contribution in [1.29, 1.82) is 0 Å². The number of carbonyl (C=O) groups excluding carboxylic acids is 3. The highest BCUT2D eigenvalue weighted by Crippen LogP contribution is 2.38. The van der Waals surface area contributed by atoms with Crippen molar-refractivity contribution in [2.75, 3.05) is 20.3 Å². The molecule has 0 spiro atoms. The van der Waals surface area contributed by atoms with Gasteiger partial charge in [0, 0.05) is 37.1 Å². The van der Waals surface area contributed by atoms with Crippen LogP contribution in [0.5, 0.6) is 11.5 Å². The van der Waals surface area contributed by atoms with Gasteiger partial charge in [0.25, 0.3) is 0 Å². The van der Waals surface area contributed by atoms with E-state index in [4.69, 9.17) is 14.6 Å². The molecule has 0 saturated heterocycles. The summed E-state index contributed by atoms with van der Waals surface area (Å²) in [5, 5.41) is 23.1. The average Bonchev–Trinajstić information content (AvgIpc) is 3.34. The Bertz CT molecular complexity index is 945. The van der Waals surface area contributed by atoms with Crippen molar-refractivity contribution in [3.05, 3.63) is 32.9 Å². The number of rotatable bonds is 9. The number of halogens is 1. The molecule has 0 aromatic heterocycles. The third kappa shape index (κ3) is 5.89. The Hall–Kier alpha value is -2.18. The van der Waals surface area contributed by atoms with E-state index < -0.39 is 18.2 Å². The summed E-state index contributed by atoms with van der Waals surface area (Å²) in [7, 11) is 1.45. The molecule has 1 aromatic rings. The van der Waals surface area contributed by atoms with Crippen molar-refractivity contribution in [2.24, 2.45) is 0 Å². The minimum atomic E-state index is -1.09. The molecule has 3 rings (SSSR count). The lowest BCUT2D eigenvalue weighted by Crippen LogP contribution is -2.57. The van der Waals surface area contributed by atoms with Crippen LogP contribution in [-0.4, -0.2) is 77.8 Å². The van der Waals surface area contributed by atoms with Crippen molar-refractivity contribution in [3.63, 3.8) is 0 Å². The van der Waals surface area contributed by atoms with Gasteiger partial charge in [0.1, 0.15) is 18.5 Å². The van der Waals surface area contributed by atoms with E-state index in [2.05, 4.69) is 5.32 Å². The molecule has 1 aromatic carbocycles. The van der Waals surface area contributed by atoms with Crippen molar-refractivity contribution >= 4 is 40.7 Å². The summed E-state index contributed by atoms with van der Waals surface area (Å²) in [5.74, 6) is 0.115. The number of methoxy groups -OCH3 is 1. The highest BCUT2D eigenvalue weighted by molar-refractivity contribution is 14.1. The first-order valence-electron chi connectivity index (χ1n) is 11.4. The largest absolute Gasteiger partial charge is 0.493 e. The molecule has 2 aliphatic rings. The van der Waals surface area contributed by atoms with Crippen molar-refractivity contribution in [1.82, 2.24) is 10.2 Å². The summed E-state index contributed by atoms with van der Waals surface area (Å²) < 4.78 is 12.2. The molecule has 3 atom stereocenters. The molecule has 2 aliphatic carbocycles. The van der Waals surface area contributed by atoms with Gasteiger partial charge in [-0.05, 0) is 53.6 Å². The van der Waals surface area contributed by atoms with E-state index in [0.717, 1.165) is 25.7 Å². The summed E-state index contributed by atoms with van der Waals surface area (Å²) in [4.78, 5) is 38.4. The molecule has 0 heterocycles. The maximum atomic E-state index is 12.8. The summed E-state index contributed by atoms with van der Waals surface area (Å²) in [6.45, 7) is 1.37. The molecule has 34 heavy (non-hydrogen) atoms. The van der Waals surface area contributed by atoms with Crippen LogP contribution in [0.15, 0.2) is 23.8 Å². The summed E-state index contributed by atoms with van der Waals surface area (Å²) in [6, 6.07) is 2.52. The fraction of sp³-hybridized carbons (Fsp3) is 0.542. The molecule has 0 aliphatic heterocycles.